The van der Waals surface area contributed by atoms with Crippen molar-refractivity contribution in [3.05, 3.63) is 29.3 Å². The molecule has 3 nitrogen and oxygen atoms in total. The van der Waals surface area contributed by atoms with E-state index >= 15 is 0 Å². The van der Waals surface area contributed by atoms with Gasteiger partial charge in [0.1, 0.15) is 0 Å². The second-order valence-corrected chi connectivity index (χ2v) is 4.48. The Hall–Kier alpha value is -1.16. The van der Waals surface area contributed by atoms with Gasteiger partial charge in [-0.05, 0) is 42.9 Å². The van der Waals surface area contributed by atoms with Gasteiger partial charge in [0, 0.05) is 10.5 Å². The van der Waals surface area contributed by atoms with E-state index in [-0.39, 0.29) is 5.84 Å². The van der Waals surface area contributed by atoms with Gasteiger partial charge >= 0.3 is 0 Å². The number of thioether (sulfide) groups is 1. The molecule has 0 fully saturated rings. The summed E-state index contributed by atoms with van der Waals surface area (Å²) in [5.41, 5.74) is 7.36. The van der Waals surface area contributed by atoms with E-state index in [0.29, 0.717) is 0 Å². The number of nitrogens with two attached hydrogens (primary N) is 1. The maximum absolute atomic E-state index is 8.58. The zero-order valence-corrected chi connectivity index (χ0v) is 9.84. The molecule has 3 N–H and O–H groups in total. The van der Waals surface area contributed by atoms with Gasteiger partial charge in [-0.15, -0.1) is 11.8 Å². The summed E-state index contributed by atoms with van der Waals surface area (Å²) in [6.07, 6.45) is 1.16. The molecule has 0 saturated heterocycles. The number of aryl methyl sites for hydroxylation is 1. The van der Waals surface area contributed by atoms with E-state index in [1.165, 1.54) is 4.90 Å². The summed E-state index contributed by atoms with van der Waals surface area (Å²) in [5.74, 6) is 1.28. The molecule has 1 aromatic rings. The summed E-state index contributed by atoms with van der Waals surface area (Å²) in [6.45, 7) is 4.12. The second-order valence-electron chi connectivity index (χ2n) is 3.31. The minimum absolute atomic E-state index is 0.166. The highest BCUT2D eigenvalue weighted by Gasteiger charge is 2.04. The normalized spacial score (nSPS) is 11.7. The molecule has 15 heavy (non-hydrogen) atoms. The van der Waals surface area contributed by atoms with Crippen molar-refractivity contribution in [1.29, 1.82) is 0 Å². The smallest absolute Gasteiger partial charge is 0.170 e. The third-order valence-electron chi connectivity index (χ3n) is 2.05. The molecular weight excluding hydrogens is 208 g/mol. The van der Waals surface area contributed by atoms with Crippen molar-refractivity contribution in [1.82, 2.24) is 0 Å². The van der Waals surface area contributed by atoms with Gasteiger partial charge in [0.25, 0.3) is 0 Å². The summed E-state index contributed by atoms with van der Waals surface area (Å²) in [4.78, 5) is 1.23. The number of hydrogen-bond acceptors (Lipinski definition) is 3. The number of rotatable bonds is 4. The Morgan fingerprint density at radius 1 is 1.53 bits per heavy atom. The minimum atomic E-state index is 0.166. The van der Waals surface area contributed by atoms with Gasteiger partial charge < -0.3 is 10.9 Å². The van der Waals surface area contributed by atoms with Gasteiger partial charge in [-0.3, -0.25) is 0 Å². The number of nitrogens with zero attached hydrogens (tertiary/aromatic N) is 1. The van der Waals surface area contributed by atoms with Gasteiger partial charge in [-0.25, -0.2) is 0 Å². The molecule has 82 valence electrons. The Labute approximate surface area is 94.4 Å². The lowest BCUT2D eigenvalue weighted by Crippen LogP contribution is -2.14. The van der Waals surface area contributed by atoms with Crippen LogP contribution in [0.3, 0.4) is 0 Å². The number of oxime groups is 1. The van der Waals surface area contributed by atoms with Crippen molar-refractivity contribution >= 4 is 17.6 Å². The molecule has 0 aliphatic carbocycles. The van der Waals surface area contributed by atoms with E-state index in [4.69, 9.17) is 10.9 Å². The zero-order chi connectivity index (χ0) is 11.3. The van der Waals surface area contributed by atoms with Crippen LogP contribution in [-0.4, -0.2) is 16.8 Å². The molecular formula is C11H16N2OS. The topological polar surface area (TPSA) is 58.6 Å². The highest BCUT2D eigenvalue weighted by molar-refractivity contribution is 7.99. The average Bonchev–Trinajstić information content (AvgIpc) is 2.25. The highest BCUT2D eigenvalue weighted by Crippen LogP contribution is 2.21. The predicted octanol–water partition coefficient (Wildman–Crippen LogP) is 2.59. The van der Waals surface area contributed by atoms with Crippen LogP contribution in [-0.2, 0) is 0 Å². The molecule has 4 heteroatoms. The second kappa shape index (κ2) is 5.66. The lowest BCUT2D eigenvalue weighted by atomic mass is 10.1. The maximum atomic E-state index is 8.58. The summed E-state index contributed by atoms with van der Waals surface area (Å²) >= 11 is 1.82. The lowest BCUT2D eigenvalue weighted by Gasteiger charge is -2.06. The van der Waals surface area contributed by atoms with Gasteiger partial charge in [0.05, 0.1) is 0 Å². The van der Waals surface area contributed by atoms with Crippen molar-refractivity contribution in [2.75, 3.05) is 5.75 Å². The van der Waals surface area contributed by atoms with Crippen LogP contribution < -0.4 is 5.73 Å². The van der Waals surface area contributed by atoms with E-state index in [1.54, 1.807) is 0 Å². The van der Waals surface area contributed by atoms with E-state index in [1.807, 2.05) is 30.8 Å². The van der Waals surface area contributed by atoms with Crippen LogP contribution in [0, 0.1) is 6.92 Å². The average molecular weight is 224 g/mol. The molecule has 0 radical (unpaired) electrons. The van der Waals surface area contributed by atoms with Crippen molar-refractivity contribution in [3.63, 3.8) is 0 Å². The van der Waals surface area contributed by atoms with Crippen LogP contribution in [0.2, 0.25) is 0 Å². The molecule has 0 aliphatic heterocycles. The molecule has 0 saturated carbocycles. The minimum Gasteiger partial charge on any atom is -0.409 e. The van der Waals surface area contributed by atoms with Gasteiger partial charge in [0.15, 0.2) is 5.84 Å². The molecule has 0 aromatic heterocycles. The third-order valence-corrected chi connectivity index (χ3v) is 3.25. The Kier molecular flexibility index (Phi) is 4.49. The van der Waals surface area contributed by atoms with Crippen LogP contribution in [0.15, 0.2) is 28.3 Å². The summed E-state index contributed by atoms with van der Waals surface area (Å²) in [6, 6.07) is 5.96. The lowest BCUT2D eigenvalue weighted by molar-refractivity contribution is 0.318. The van der Waals surface area contributed by atoms with Gasteiger partial charge in [-0.1, -0.05) is 12.1 Å². The quantitative estimate of drug-likeness (QED) is 0.272. The molecule has 1 rings (SSSR count). The molecule has 1 aromatic carbocycles. The first-order chi connectivity index (χ1) is 7.19. The van der Waals surface area contributed by atoms with Crippen LogP contribution in [0.1, 0.15) is 24.5 Å². The SMILES string of the molecule is CCCSc1ccc(/C(N)=N/O)c(C)c1. The molecule has 0 bridgehead atoms. The van der Waals surface area contributed by atoms with Crippen molar-refractivity contribution < 1.29 is 5.21 Å². The Morgan fingerprint density at radius 2 is 2.27 bits per heavy atom. The molecule has 0 heterocycles. The molecule has 0 amide bonds. The number of benzene rings is 1. The molecule has 0 aliphatic rings. The fraction of sp³-hybridized carbons (Fsp3) is 0.364. The van der Waals surface area contributed by atoms with E-state index in [9.17, 15) is 0 Å². The van der Waals surface area contributed by atoms with Crippen molar-refractivity contribution in [2.45, 2.75) is 25.2 Å². The first-order valence-corrected chi connectivity index (χ1v) is 5.89. The number of hydrogen-bond donors (Lipinski definition) is 2. The highest BCUT2D eigenvalue weighted by atomic mass is 32.2. The van der Waals surface area contributed by atoms with Gasteiger partial charge in [-0.2, -0.15) is 0 Å². The molecule has 0 spiro atoms. The van der Waals surface area contributed by atoms with Crippen molar-refractivity contribution in [3.8, 4) is 0 Å². The van der Waals surface area contributed by atoms with Crippen LogP contribution in [0.5, 0.6) is 0 Å². The third kappa shape index (κ3) is 3.16. The fourth-order valence-corrected chi connectivity index (χ4v) is 2.15. The van der Waals surface area contributed by atoms with Crippen LogP contribution >= 0.6 is 11.8 Å². The molecule has 0 atom stereocenters. The van der Waals surface area contributed by atoms with E-state index in [0.717, 1.165) is 23.3 Å². The monoisotopic (exact) mass is 224 g/mol. The molecule has 0 unspecified atom stereocenters. The standard InChI is InChI=1S/C11H16N2OS/c1-3-6-15-9-4-5-10(8(2)7-9)11(12)13-14/h4-5,7,14H,3,6H2,1-2H3,(H2,12,13). The van der Waals surface area contributed by atoms with E-state index in [2.05, 4.69) is 18.1 Å². The van der Waals surface area contributed by atoms with E-state index < -0.39 is 0 Å². The van der Waals surface area contributed by atoms with Crippen molar-refractivity contribution in [2.24, 2.45) is 10.9 Å². The first kappa shape index (κ1) is 11.9. The summed E-state index contributed by atoms with van der Waals surface area (Å²) in [5, 5.41) is 11.6. The Bertz CT molecular complexity index is 364. The maximum Gasteiger partial charge on any atom is 0.170 e. The van der Waals surface area contributed by atoms with Gasteiger partial charge in [0.2, 0.25) is 0 Å². The largest absolute Gasteiger partial charge is 0.409 e. The Morgan fingerprint density at radius 3 is 2.80 bits per heavy atom. The predicted molar refractivity (Wildman–Crippen MR) is 64.7 cm³/mol. The Balaban J connectivity index is 2.88. The fourth-order valence-electron chi connectivity index (χ4n) is 1.29. The zero-order valence-electron chi connectivity index (χ0n) is 9.03. The first-order valence-electron chi connectivity index (χ1n) is 4.90. The number of amidine groups is 1. The summed E-state index contributed by atoms with van der Waals surface area (Å²) in [7, 11) is 0. The summed E-state index contributed by atoms with van der Waals surface area (Å²) < 4.78 is 0. The van der Waals surface area contributed by atoms with Crippen LogP contribution in [0.4, 0.5) is 0 Å². The van der Waals surface area contributed by atoms with Crippen LogP contribution in [0.25, 0.3) is 0 Å².